The number of hydrogen-bond donors (Lipinski definition) is 1. The highest BCUT2D eigenvalue weighted by molar-refractivity contribution is 5.10. The van der Waals surface area contributed by atoms with Crippen molar-refractivity contribution in [3.63, 3.8) is 0 Å². The van der Waals surface area contributed by atoms with Gasteiger partial charge in [-0.05, 0) is 38.1 Å². The maximum Gasteiger partial charge on any atom is 0.391 e. The normalized spacial score (nSPS) is 30.3. The summed E-state index contributed by atoms with van der Waals surface area (Å²) in [5.41, 5.74) is -0.983. The molecule has 1 aliphatic carbocycles. The quantitative estimate of drug-likeness (QED) is 0.832. The fourth-order valence-electron chi connectivity index (χ4n) is 2.26. The van der Waals surface area contributed by atoms with Gasteiger partial charge >= 0.3 is 6.18 Å². The Morgan fingerprint density at radius 1 is 1.47 bits per heavy atom. The molecule has 2 unspecified atom stereocenters. The molecule has 0 aromatic heterocycles. The van der Waals surface area contributed by atoms with Gasteiger partial charge in [0.05, 0.1) is 12.0 Å². The van der Waals surface area contributed by atoms with Crippen molar-refractivity contribution < 1.29 is 13.2 Å². The summed E-state index contributed by atoms with van der Waals surface area (Å²) in [4.78, 5) is 0. The van der Waals surface area contributed by atoms with E-state index in [4.69, 9.17) is 5.26 Å². The molecule has 0 amide bonds. The molecule has 0 spiro atoms. The number of alkyl halides is 3. The molecule has 0 aliphatic heterocycles. The molecule has 1 aliphatic rings. The van der Waals surface area contributed by atoms with Gasteiger partial charge in [-0.2, -0.15) is 18.4 Å². The molecule has 0 aromatic carbocycles. The summed E-state index contributed by atoms with van der Waals surface area (Å²) in [5, 5.41) is 12.2. The van der Waals surface area contributed by atoms with Crippen molar-refractivity contribution in [2.45, 2.75) is 51.2 Å². The molecule has 1 N–H and O–H groups in total. The first-order chi connectivity index (χ1) is 7.79. The van der Waals surface area contributed by atoms with Gasteiger partial charge in [0.2, 0.25) is 0 Å². The van der Waals surface area contributed by atoms with Crippen LogP contribution in [0.3, 0.4) is 0 Å². The Bertz CT molecular complexity index is 293. The lowest BCUT2D eigenvalue weighted by atomic mass is 9.76. The van der Waals surface area contributed by atoms with Crippen LogP contribution in [0.5, 0.6) is 0 Å². The molecule has 0 saturated heterocycles. The number of nitrogens with zero attached hydrogens (tertiary/aromatic N) is 1. The van der Waals surface area contributed by atoms with Crippen molar-refractivity contribution in [2.75, 3.05) is 6.54 Å². The second-order valence-electron chi connectivity index (χ2n) is 5.30. The van der Waals surface area contributed by atoms with Crippen molar-refractivity contribution in [1.29, 1.82) is 5.26 Å². The van der Waals surface area contributed by atoms with E-state index in [9.17, 15) is 13.2 Å². The Hall–Kier alpha value is -0.760. The van der Waals surface area contributed by atoms with Gasteiger partial charge in [-0.1, -0.05) is 13.8 Å². The molecule has 1 fully saturated rings. The van der Waals surface area contributed by atoms with E-state index in [1.165, 1.54) is 0 Å². The van der Waals surface area contributed by atoms with Crippen LogP contribution in [0.1, 0.15) is 39.5 Å². The molecular formula is C12H19F3N2. The predicted molar refractivity (Wildman–Crippen MR) is 59.2 cm³/mol. The van der Waals surface area contributed by atoms with E-state index in [0.717, 1.165) is 0 Å². The first-order valence-electron chi connectivity index (χ1n) is 6.02. The summed E-state index contributed by atoms with van der Waals surface area (Å²) in [7, 11) is 0. The average molecular weight is 248 g/mol. The lowest BCUT2D eigenvalue weighted by Gasteiger charge is -2.37. The zero-order valence-electron chi connectivity index (χ0n) is 10.3. The van der Waals surface area contributed by atoms with E-state index in [1.54, 1.807) is 0 Å². The Labute approximate surface area is 100 Å². The minimum atomic E-state index is -4.18. The number of rotatable bonds is 3. The molecular weight excluding hydrogens is 229 g/mol. The van der Waals surface area contributed by atoms with E-state index in [2.05, 4.69) is 11.4 Å². The molecule has 0 bridgehead atoms. The van der Waals surface area contributed by atoms with Crippen molar-refractivity contribution in [3.05, 3.63) is 0 Å². The molecule has 0 aromatic rings. The first-order valence-corrected chi connectivity index (χ1v) is 6.02. The molecule has 5 heteroatoms. The van der Waals surface area contributed by atoms with Crippen molar-refractivity contribution in [1.82, 2.24) is 5.32 Å². The third kappa shape index (κ3) is 3.88. The Morgan fingerprint density at radius 3 is 2.59 bits per heavy atom. The van der Waals surface area contributed by atoms with Gasteiger partial charge in [-0.15, -0.1) is 0 Å². The first kappa shape index (κ1) is 14.3. The van der Waals surface area contributed by atoms with Gasteiger partial charge in [-0.25, -0.2) is 0 Å². The minimum absolute atomic E-state index is 0.111. The number of hydrogen-bond acceptors (Lipinski definition) is 2. The maximum atomic E-state index is 12.7. The van der Waals surface area contributed by atoms with Gasteiger partial charge in [0.1, 0.15) is 5.54 Å². The topological polar surface area (TPSA) is 35.8 Å². The minimum Gasteiger partial charge on any atom is -0.299 e. The summed E-state index contributed by atoms with van der Waals surface area (Å²) in [6, 6.07) is 2.06. The molecule has 0 heterocycles. The van der Waals surface area contributed by atoms with Crippen LogP contribution in [-0.2, 0) is 0 Å². The fourth-order valence-corrected chi connectivity index (χ4v) is 2.26. The van der Waals surface area contributed by atoms with Gasteiger partial charge in [-0.3, -0.25) is 5.32 Å². The SMILES string of the molecule is CC(C)CNC1(C#N)CCCC(C(F)(F)F)C1. The molecule has 1 rings (SSSR count). The van der Waals surface area contributed by atoms with Crippen LogP contribution in [-0.4, -0.2) is 18.3 Å². The van der Waals surface area contributed by atoms with Crippen LogP contribution in [0.2, 0.25) is 0 Å². The highest BCUT2D eigenvalue weighted by Gasteiger charge is 2.47. The van der Waals surface area contributed by atoms with Crippen LogP contribution >= 0.6 is 0 Å². The molecule has 98 valence electrons. The van der Waals surface area contributed by atoms with Gasteiger partial charge < -0.3 is 0 Å². The zero-order chi connectivity index (χ0) is 13.1. The second-order valence-corrected chi connectivity index (χ2v) is 5.30. The van der Waals surface area contributed by atoms with Gasteiger partial charge in [0.15, 0.2) is 0 Å². The van der Waals surface area contributed by atoms with E-state index in [-0.39, 0.29) is 12.8 Å². The summed E-state index contributed by atoms with van der Waals surface area (Å²) in [5.74, 6) is -1.01. The largest absolute Gasteiger partial charge is 0.391 e. The van der Waals surface area contributed by atoms with Crippen molar-refractivity contribution in [3.8, 4) is 6.07 Å². The van der Waals surface area contributed by atoms with Crippen LogP contribution in [0.15, 0.2) is 0 Å². The average Bonchev–Trinajstić information content (AvgIpc) is 2.25. The summed E-state index contributed by atoms with van der Waals surface area (Å²) < 4.78 is 38.0. The molecule has 0 radical (unpaired) electrons. The molecule has 2 nitrogen and oxygen atoms in total. The smallest absolute Gasteiger partial charge is 0.299 e. The third-order valence-electron chi connectivity index (χ3n) is 3.28. The predicted octanol–water partition coefficient (Wildman–Crippen LogP) is 3.25. The Morgan fingerprint density at radius 2 is 2.12 bits per heavy atom. The molecule has 1 saturated carbocycles. The Kier molecular flexibility index (Phi) is 4.42. The van der Waals surface area contributed by atoms with Crippen LogP contribution in [0, 0.1) is 23.2 Å². The summed E-state index contributed by atoms with van der Waals surface area (Å²) in [6.07, 6.45) is -3.16. The van der Waals surface area contributed by atoms with Crippen molar-refractivity contribution >= 4 is 0 Å². The lowest BCUT2D eigenvalue weighted by Crippen LogP contribution is -2.50. The van der Waals surface area contributed by atoms with Crippen LogP contribution in [0.25, 0.3) is 0 Å². The van der Waals surface area contributed by atoms with Crippen LogP contribution in [0.4, 0.5) is 13.2 Å². The number of nitrogens with one attached hydrogen (secondary N) is 1. The maximum absolute atomic E-state index is 12.7. The fraction of sp³-hybridized carbons (Fsp3) is 0.917. The highest BCUT2D eigenvalue weighted by atomic mass is 19.4. The number of halogens is 3. The second kappa shape index (κ2) is 5.26. The van der Waals surface area contributed by atoms with E-state index in [0.29, 0.717) is 25.3 Å². The summed E-state index contributed by atoms with van der Waals surface area (Å²) >= 11 is 0. The molecule has 17 heavy (non-hydrogen) atoms. The lowest BCUT2D eigenvalue weighted by molar-refractivity contribution is -0.186. The standard InChI is InChI=1S/C12H19F3N2/c1-9(2)7-17-11(8-16)5-3-4-10(6-11)12(13,14)15/h9-10,17H,3-7H2,1-2H3. The monoisotopic (exact) mass is 248 g/mol. The van der Waals surface area contributed by atoms with E-state index >= 15 is 0 Å². The zero-order valence-corrected chi connectivity index (χ0v) is 10.3. The highest BCUT2D eigenvalue weighted by Crippen LogP contribution is 2.41. The molecule has 2 atom stereocenters. The number of nitriles is 1. The van der Waals surface area contributed by atoms with Crippen LogP contribution < -0.4 is 5.32 Å². The van der Waals surface area contributed by atoms with Gasteiger partial charge in [0, 0.05) is 0 Å². The van der Waals surface area contributed by atoms with Gasteiger partial charge in [0.25, 0.3) is 0 Å². The van der Waals surface area contributed by atoms with E-state index < -0.39 is 17.6 Å². The Balaban J connectivity index is 2.70. The summed E-state index contributed by atoms with van der Waals surface area (Å²) in [6.45, 7) is 4.53. The third-order valence-corrected chi connectivity index (χ3v) is 3.28. The van der Waals surface area contributed by atoms with Crippen molar-refractivity contribution in [2.24, 2.45) is 11.8 Å². The van der Waals surface area contributed by atoms with E-state index in [1.807, 2.05) is 13.8 Å².